The third kappa shape index (κ3) is 3.98. The molecular formula is C19H18Cl2N2O2S. The van der Waals surface area contributed by atoms with Gasteiger partial charge in [-0.2, -0.15) is 5.26 Å². The number of thiophene rings is 1. The molecule has 3 rings (SSSR count). The molecule has 1 aromatic heterocycles. The minimum Gasteiger partial charge on any atom is -0.479 e. The summed E-state index contributed by atoms with van der Waals surface area (Å²) in [7, 11) is 0. The number of nitrogens with zero attached hydrogens (tertiary/aromatic N) is 1. The van der Waals surface area contributed by atoms with Gasteiger partial charge in [0.1, 0.15) is 16.8 Å². The number of nitriles is 1. The molecule has 1 aliphatic carbocycles. The van der Waals surface area contributed by atoms with Gasteiger partial charge in [-0.05, 0) is 55.9 Å². The van der Waals surface area contributed by atoms with Crippen molar-refractivity contribution in [2.75, 3.05) is 5.32 Å². The highest BCUT2D eigenvalue weighted by Crippen LogP contribution is 2.39. The predicted octanol–water partition coefficient (Wildman–Crippen LogP) is 5.46. The molecule has 0 saturated carbocycles. The molecule has 26 heavy (non-hydrogen) atoms. The number of carbonyl (C=O) groups is 1. The summed E-state index contributed by atoms with van der Waals surface area (Å²) in [4.78, 5) is 13.7. The van der Waals surface area contributed by atoms with Gasteiger partial charge in [0.2, 0.25) is 0 Å². The number of anilines is 1. The van der Waals surface area contributed by atoms with Gasteiger partial charge in [0.25, 0.3) is 5.91 Å². The van der Waals surface area contributed by atoms with Crippen molar-refractivity contribution in [2.45, 2.75) is 39.2 Å². The number of hydrogen-bond donors (Lipinski definition) is 1. The van der Waals surface area contributed by atoms with E-state index in [0.717, 1.165) is 24.8 Å². The monoisotopic (exact) mass is 408 g/mol. The highest BCUT2D eigenvalue weighted by molar-refractivity contribution is 7.16. The third-order valence-electron chi connectivity index (χ3n) is 4.43. The van der Waals surface area contributed by atoms with E-state index in [1.54, 1.807) is 25.1 Å². The van der Waals surface area contributed by atoms with Gasteiger partial charge in [-0.25, -0.2) is 0 Å². The first kappa shape index (κ1) is 19.0. The number of halogens is 2. The number of rotatable bonds is 4. The Kier molecular flexibility index (Phi) is 5.76. The Labute approximate surface area is 166 Å². The van der Waals surface area contributed by atoms with E-state index < -0.39 is 6.10 Å². The standard InChI is InChI=1S/C19H18Cl2N2O2S/c1-10-3-5-13-14(9-22)19(26-17(13)7-10)23-18(24)11(2)25-16-6-4-12(20)8-15(16)21/h4,6,8,10-11H,3,5,7H2,1-2H3,(H,23,24)/t10-,11-/m0/s1. The lowest BCUT2D eigenvalue weighted by Crippen LogP contribution is -2.30. The summed E-state index contributed by atoms with van der Waals surface area (Å²) in [5.41, 5.74) is 1.67. The third-order valence-corrected chi connectivity index (χ3v) is 6.13. The highest BCUT2D eigenvalue weighted by atomic mass is 35.5. The number of nitrogens with one attached hydrogen (secondary N) is 1. The van der Waals surface area contributed by atoms with Crippen molar-refractivity contribution in [2.24, 2.45) is 5.92 Å². The molecule has 4 nitrogen and oxygen atoms in total. The normalized spacial score (nSPS) is 17.1. The number of carbonyl (C=O) groups excluding carboxylic acids is 1. The van der Waals surface area contributed by atoms with Gasteiger partial charge in [-0.15, -0.1) is 11.3 Å². The Balaban J connectivity index is 1.74. The molecule has 0 unspecified atom stereocenters. The molecule has 0 bridgehead atoms. The Morgan fingerprint density at radius 3 is 2.92 bits per heavy atom. The van der Waals surface area contributed by atoms with E-state index in [2.05, 4.69) is 18.3 Å². The van der Waals surface area contributed by atoms with Gasteiger partial charge in [0, 0.05) is 9.90 Å². The second kappa shape index (κ2) is 7.87. The number of hydrogen-bond acceptors (Lipinski definition) is 4. The van der Waals surface area contributed by atoms with E-state index >= 15 is 0 Å². The Bertz CT molecular complexity index is 888. The van der Waals surface area contributed by atoms with Crippen molar-refractivity contribution in [3.8, 4) is 11.8 Å². The molecule has 1 amide bonds. The summed E-state index contributed by atoms with van der Waals surface area (Å²) in [6.07, 6.45) is 2.15. The van der Waals surface area contributed by atoms with Crippen LogP contribution in [0.25, 0.3) is 0 Å². The van der Waals surface area contributed by atoms with Crippen LogP contribution in [0.4, 0.5) is 5.00 Å². The SMILES string of the molecule is C[C@H]1CCc2c(sc(NC(=O)[C@H](C)Oc3ccc(Cl)cc3Cl)c2C#N)C1. The topological polar surface area (TPSA) is 62.1 Å². The summed E-state index contributed by atoms with van der Waals surface area (Å²) in [6.45, 7) is 3.85. The maximum Gasteiger partial charge on any atom is 0.265 e. The Hall–Kier alpha value is -1.74. The molecule has 2 aromatic rings. The second-order valence-corrected chi connectivity index (χ2v) is 8.44. The molecule has 0 radical (unpaired) electrons. The fraction of sp³-hybridized carbons (Fsp3) is 0.368. The molecular weight excluding hydrogens is 391 g/mol. The van der Waals surface area contributed by atoms with Crippen LogP contribution in [0.15, 0.2) is 18.2 Å². The fourth-order valence-electron chi connectivity index (χ4n) is 2.99. The van der Waals surface area contributed by atoms with Crippen LogP contribution in [0.1, 0.15) is 36.3 Å². The van der Waals surface area contributed by atoms with Gasteiger partial charge in [-0.1, -0.05) is 30.1 Å². The van der Waals surface area contributed by atoms with E-state index in [4.69, 9.17) is 27.9 Å². The van der Waals surface area contributed by atoms with Crippen LogP contribution >= 0.6 is 34.5 Å². The summed E-state index contributed by atoms with van der Waals surface area (Å²) >= 11 is 13.4. The maximum atomic E-state index is 12.5. The fourth-order valence-corrected chi connectivity index (χ4v) is 4.80. The smallest absolute Gasteiger partial charge is 0.265 e. The number of fused-ring (bicyclic) bond motifs is 1. The molecule has 1 aromatic carbocycles. The van der Waals surface area contributed by atoms with E-state index in [0.29, 0.717) is 32.3 Å². The van der Waals surface area contributed by atoms with Crippen LogP contribution in [-0.4, -0.2) is 12.0 Å². The Morgan fingerprint density at radius 1 is 1.46 bits per heavy atom. The molecule has 0 fully saturated rings. The minimum absolute atomic E-state index is 0.320. The first-order valence-corrected chi connectivity index (χ1v) is 9.93. The van der Waals surface area contributed by atoms with Gasteiger partial charge in [-0.3, -0.25) is 4.79 Å². The number of benzene rings is 1. The minimum atomic E-state index is -0.765. The van der Waals surface area contributed by atoms with Crippen LogP contribution in [0.5, 0.6) is 5.75 Å². The van der Waals surface area contributed by atoms with Crippen LogP contribution in [-0.2, 0) is 17.6 Å². The molecule has 1 heterocycles. The summed E-state index contributed by atoms with van der Waals surface area (Å²) < 4.78 is 5.65. The zero-order valence-corrected chi connectivity index (χ0v) is 16.8. The summed E-state index contributed by atoms with van der Waals surface area (Å²) in [5, 5.41) is 13.8. The van der Waals surface area contributed by atoms with Gasteiger partial charge in [0.15, 0.2) is 6.10 Å². The van der Waals surface area contributed by atoms with Gasteiger partial charge < -0.3 is 10.1 Å². The summed E-state index contributed by atoms with van der Waals surface area (Å²) in [6, 6.07) is 7.08. The van der Waals surface area contributed by atoms with Gasteiger partial charge in [0.05, 0.1) is 10.6 Å². The Morgan fingerprint density at radius 2 is 2.23 bits per heavy atom. The van der Waals surface area contributed by atoms with E-state index in [1.807, 2.05) is 0 Å². The number of ether oxygens (including phenoxy) is 1. The van der Waals surface area contributed by atoms with Crippen LogP contribution in [0.2, 0.25) is 10.0 Å². The molecule has 7 heteroatoms. The number of amides is 1. The van der Waals surface area contributed by atoms with Crippen molar-refractivity contribution in [3.63, 3.8) is 0 Å². The molecule has 2 atom stereocenters. The van der Waals surface area contributed by atoms with Crippen molar-refractivity contribution < 1.29 is 9.53 Å². The maximum absolute atomic E-state index is 12.5. The molecule has 0 aliphatic heterocycles. The molecule has 1 N–H and O–H groups in total. The first-order chi connectivity index (χ1) is 12.4. The average Bonchev–Trinajstić information content (AvgIpc) is 2.93. The lowest BCUT2D eigenvalue weighted by Gasteiger charge is -2.17. The first-order valence-electron chi connectivity index (χ1n) is 8.36. The summed E-state index contributed by atoms with van der Waals surface area (Å²) in [5.74, 6) is 0.670. The van der Waals surface area contributed by atoms with Crippen molar-refractivity contribution in [3.05, 3.63) is 44.2 Å². The van der Waals surface area contributed by atoms with Crippen LogP contribution in [0, 0.1) is 17.2 Å². The van der Waals surface area contributed by atoms with Gasteiger partial charge >= 0.3 is 0 Å². The quantitative estimate of drug-likeness (QED) is 0.730. The predicted molar refractivity (Wildman–Crippen MR) is 105 cm³/mol. The van der Waals surface area contributed by atoms with Crippen molar-refractivity contribution >= 4 is 45.4 Å². The van der Waals surface area contributed by atoms with E-state index in [1.165, 1.54) is 16.2 Å². The molecule has 1 aliphatic rings. The van der Waals surface area contributed by atoms with Crippen molar-refractivity contribution in [1.82, 2.24) is 0 Å². The largest absolute Gasteiger partial charge is 0.479 e. The highest BCUT2D eigenvalue weighted by Gasteiger charge is 2.26. The molecule has 136 valence electrons. The molecule has 0 saturated heterocycles. The van der Waals surface area contributed by atoms with Crippen LogP contribution in [0.3, 0.4) is 0 Å². The van der Waals surface area contributed by atoms with E-state index in [-0.39, 0.29) is 5.91 Å². The lowest BCUT2D eigenvalue weighted by molar-refractivity contribution is -0.122. The van der Waals surface area contributed by atoms with Crippen LogP contribution < -0.4 is 10.1 Å². The second-order valence-electron chi connectivity index (χ2n) is 6.49. The van der Waals surface area contributed by atoms with E-state index in [9.17, 15) is 10.1 Å². The zero-order chi connectivity index (χ0) is 18.8. The zero-order valence-electron chi connectivity index (χ0n) is 14.4. The average molecular weight is 409 g/mol. The van der Waals surface area contributed by atoms with Crippen molar-refractivity contribution in [1.29, 1.82) is 5.26 Å². The molecule has 0 spiro atoms. The lowest BCUT2D eigenvalue weighted by atomic mass is 9.88.